The van der Waals surface area contributed by atoms with E-state index in [4.69, 9.17) is 0 Å². The highest BCUT2D eigenvalue weighted by atomic mass is 32.2. The Balaban J connectivity index is 2.20. The summed E-state index contributed by atoms with van der Waals surface area (Å²) in [4.78, 5) is 1.47. The Labute approximate surface area is 119 Å². The average Bonchev–Trinajstić information content (AvgIpc) is 2.47. The van der Waals surface area contributed by atoms with Crippen LogP contribution in [0, 0.1) is 0 Å². The molecule has 1 aromatic carbocycles. The molecule has 1 atom stereocenters. The molecule has 0 aliphatic carbocycles. The average molecular weight is 300 g/mol. The fourth-order valence-corrected chi connectivity index (χ4v) is 4.23. The molecule has 1 heterocycles. The molecule has 1 aliphatic heterocycles. The summed E-state index contributed by atoms with van der Waals surface area (Å²) in [6, 6.07) is 7.37. The minimum absolute atomic E-state index is 0.258. The fraction of sp³-hybridized carbons (Fsp3) is 0.538. The number of likely N-dealkylation sites (N-methyl/N-ethyl adjacent to an activating group) is 1. The van der Waals surface area contributed by atoms with Crippen LogP contribution in [0.4, 0.5) is 0 Å². The lowest BCUT2D eigenvalue weighted by atomic mass is 10.1. The Bertz CT molecular complexity index is 514. The van der Waals surface area contributed by atoms with Gasteiger partial charge in [0.15, 0.2) is 0 Å². The third-order valence-electron chi connectivity index (χ3n) is 3.49. The number of hydrogen-bond acceptors (Lipinski definition) is 4. The second kappa shape index (κ2) is 6.26. The van der Waals surface area contributed by atoms with E-state index in [0.717, 1.165) is 17.7 Å². The number of nitrogens with one attached hydrogen (secondary N) is 1. The van der Waals surface area contributed by atoms with Crippen molar-refractivity contribution in [3.05, 3.63) is 24.3 Å². The van der Waals surface area contributed by atoms with Crippen molar-refractivity contribution in [3.8, 4) is 0 Å². The van der Waals surface area contributed by atoms with Crippen LogP contribution in [0.2, 0.25) is 0 Å². The van der Waals surface area contributed by atoms with Crippen LogP contribution in [-0.4, -0.2) is 45.2 Å². The second-order valence-corrected chi connectivity index (χ2v) is 7.48. The summed E-state index contributed by atoms with van der Waals surface area (Å²) < 4.78 is 26.7. The summed E-state index contributed by atoms with van der Waals surface area (Å²) in [6.45, 7) is 1.17. The molecule has 4 nitrogen and oxygen atoms in total. The van der Waals surface area contributed by atoms with Gasteiger partial charge in [-0.2, -0.15) is 4.31 Å². The Morgan fingerprint density at radius 3 is 2.58 bits per heavy atom. The van der Waals surface area contributed by atoms with Crippen molar-refractivity contribution < 1.29 is 8.42 Å². The molecule has 0 aromatic heterocycles. The van der Waals surface area contributed by atoms with Crippen LogP contribution in [0.5, 0.6) is 0 Å². The lowest BCUT2D eigenvalue weighted by Gasteiger charge is -2.31. The molecule has 1 fully saturated rings. The van der Waals surface area contributed by atoms with Crippen LogP contribution in [0.25, 0.3) is 0 Å². The highest BCUT2D eigenvalue weighted by molar-refractivity contribution is 7.98. The normalized spacial score (nSPS) is 21.5. The molecule has 1 aromatic rings. The summed E-state index contributed by atoms with van der Waals surface area (Å²) in [7, 11) is -1.46. The lowest BCUT2D eigenvalue weighted by Crippen LogP contribution is -2.46. The first-order chi connectivity index (χ1) is 9.07. The van der Waals surface area contributed by atoms with E-state index in [2.05, 4.69) is 5.32 Å². The molecule has 0 saturated carbocycles. The van der Waals surface area contributed by atoms with Crippen LogP contribution < -0.4 is 5.32 Å². The zero-order chi connectivity index (χ0) is 13.9. The third kappa shape index (κ3) is 3.31. The van der Waals surface area contributed by atoms with E-state index in [0.29, 0.717) is 18.0 Å². The number of thioether (sulfide) groups is 1. The number of rotatable bonds is 4. The number of nitrogens with zero attached hydrogens (tertiary/aromatic N) is 1. The van der Waals surface area contributed by atoms with Gasteiger partial charge in [0.1, 0.15) is 0 Å². The molecule has 1 aliphatic rings. The Morgan fingerprint density at radius 2 is 2.00 bits per heavy atom. The summed E-state index contributed by atoms with van der Waals surface area (Å²) in [5.41, 5.74) is 0. The van der Waals surface area contributed by atoms with Crippen LogP contribution >= 0.6 is 11.8 Å². The maximum absolute atomic E-state index is 12.5. The highest BCUT2D eigenvalue weighted by Crippen LogP contribution is 2.23. The van der Waals surface area contributed by atoms with Crippen molar-refractivity contribution in [1.29, 1.82) is 0 Å². The van der Waals surface area contributed by atoms with Gasteiger partial charge in [0, 0.05) is 24.0 Å². The van der Waals surface area contributed by atoms with Gasteiger partial charge in [0.2, 0.25) is 10.0 Å². The first kappa shape index (κ1) is 14.8. The molecule has 0 bridgehead atoms. The zero-order valence-corrected chi connectivity index (χ0v) is 12.9. The summed E-state index contributed by atoms with van der Waals surface area (Å²) in [5, 5.41) is 3.17. The minimum Gasteiger partial charge on any atom is -0.316 e. The lowest BCUT2D eigenvalue weighted by molar-refractivity contribution is 0.293. The quantitative estimate of drug-likeness (QED) is 0.861. The van der Waals surface area contributed by atoms with E-state index in [1.165, 1.54) is 0 Å². The Morgan fingerprint density at radius 1 is 1.32 bits per heavy atom. The van der Waals surface area contributed by atoms with Gasteiger partial charge in [-0.25, -0.2) is 8.42 Å². The van der Waals surface area contributed by atoms with Gasteiger partial charge in [-0.3, -0.25) is 0 Å². The molecule has 2 rings (SSSR count). The predicted octanol–water partition coefficient (Wildman–Crippen LogP) is 1.78. The first-order valence-corrected chi connectivity index (χ1v) is 9.06. The summed E-state index contributed by atoms with van der Waals surface area (Å²) >= 11 is 1.61. The van der Waals surface area contributed by atoms with Crippen molar-refractivity contribution in [1.82, 2.24) is 9.62 Å². The number of hydrogen-bond donors (Lipinski definition) is 1. The second-order valence-electron chi connectivity index (χ2n) is 4.67. The van der Waals surface area contributed by atoms with Gasteiger partial charge in [0.25, 0.3) is 0 Å². The van der Waals surface area contributed by atoms with Crippen molar-refractivity contribution in [2.24, 2.45) is 0 Å². The fourth-order valence-electron chi connectivity index (χ4n) is 2.29. The van der Waals surface area contributed by atoms with Crippen molar-refractivity contribution in [2.45, 2.75) is 28.7 Å². The summed E-state index contributed by atoms with van der Waals surface area (Å²) in [5.74, 6) is 0. The van der Waals surface area contributed by atoms with E-state index in [9.17, 15) is 8.42 Å². The number of benzene rings is 1. The van der Waals surface area contributed by atoms with E-state index >= 15 is 0 Å². The van der Waals surface area contributed by atoms with Crippen molar-refractivity contribution >= 4 is 21.8 Å². The molecule has 1 unspecified atom stereocenters. The molecule has 0 amide bonds. The minimum atomic E-state index is -3.35. The smallest absolute Gasteiger partial charge is 0.243 e. The molecular formula is C13H20N2O2S2. The van der Waals surface area contributed by atoms with Gasteiger partial charge in [-0.05, 0) is 50.4 Å². The van der Waals surface area contributed by atoms with E-state index in [1.807, 2.05) is 25.4 Å². The van der Waals surface area contributed by atoms with Gasteiger partial charge in [-0.1, -0.05) is 0 Å². The van der Waals surface area contributed by atoms with E-state index < -0.39 is 10.0 Å². The topological polar surface area (TPSA) is 49.4 Å². The number of piperidine rings is 1. The highest BCUT2D eigenvalue weighted by Gasteiger charge is 2.29. The molecule has 1 saturated heterocycles. The molecule has 6 heteroatoms. The third-order valence-corrected chi connectivity index (χ3v) is 6.11. The van der Waals surface area contributed by atoms with Crippen LogP contribution in [0.15, 0.2) is 34.1 Å². The van der Waals surface area contributed by atoms with Gasteiger partial charge < -0.3 is 5.32 Å². The van der Waals surface area contributed by atoms with Crippen molar-refractivity contribution in [3.63, 3.8) is 0 Å². The maximum Gasteiger partial charge on any atom is 0.243 e. The molecule has 19 heavy (non-hydrogen) atoms. The Hall–Kier alpha value is -0.560. The van der Waals surface area contributed by atoms with Gasteiger partial charge >= 0.3 is 0 Å². The first-order valence-electron chi connectivity index (χ1n) is 6.39. The summed E-state index contributed by atoms with van der Waals surface area (Å²) in [6.07, 6.45) is 3.92. The predicted molar refractivity (Wildman–Crippen MR) is 79.1 cm³/mol. The van der Waals surface area contributed by atoms with Gasteiger partial charge in [0.05, 0.1) is 4.90 Å². The van der Waals surface area contributed by atoms with Gasteiger partial charge in [-0.15, -0.1) is 11.8 Å². The van der Waals surface area contributed by atoms with Crippen LogP contribution in [0.3, 0.4) is 0 Å². The number of sulfonamides is 1. The molecule has 0 radical (unpaired) electrons. The standard InChI is InChI=1S/C13H20N2O2S2/c1-14-11-4-3-9-15(10-11)19(16,17)13-7-5-12(18-2)6-8-13/h5-8,11,14H,3-4,9-10H2,1-2H3. The molecule has 1 N–H and O–H groups in total. The SMILES string of the molecule is CNC1CCCN(S(=O)(=O)c2ccc(SC)cc2)C1. The van der Waals surface area contributed by atoms with E-state index in [1.54, 1.807) is 28.2 Å². The molecule has 106 valence electrons. The zero-order valence-electron chi connectivity index (χ0n) is 11.3. The van der Waals surface area contributed by atoms with Crippen LogP contribution in [0.1, 0.15) is 12.8 Å². The molecule has 0 spiro atoms. The largest absolute Gasteiger partial charge is 0.316 e. The van der Waals surface area contributed by atoms with Crippen LogP contribution in [-0.2, 0) is 10.0 Å². The maximum atomic E-state index is 12.5. The molecular weight excluding hydrogens is 280 g/mol. The van der Waals surface area contributed by atoms with E-state index in [-0.39, 0.29) is 6.04 Å². The monoisotopic (exact) mass is 300 g/mol. The Kier molecular flexibility index (Phi) is 4.89. The van der Waals surface area contributed by atoms with Crippen molar-refractivity contribution in [2.75, 3.05) is 26.4 Å².